The molecule has 2 fully saturated rings. The molecule has 12 heteroatoms. The third kappa shape index (κ3) is 6.91. The van der Waals surface area contributed by atoms with Crippen LogP contribution < -0.4 is 9.46 Å². The Morgan fingerprint density at radius 1 is 1.02 bits per heavy atom. The third-order valence-electron chi connectivity index (χ3n) is 11.7. The number of likely N-dealkylation sites (tertiary alicyclic amines) is 1. The number of nitrogens with zero attached hydrogens (tertiary/aromatic N) is 5. The minimum atomic E-state index is -3.83. The van der Waals surface area contributed by atoms with Gasteiger partial charge in [-0.05, 0) is 119 Å². The number of sulfonamides is 1. The minimum Gasteiger partial charge on any atom is -0.497 e. The first-order chi connectivity index (χ1) is 25.4. The second kappa shape index (κ2) is 14.8. The van der Waals surface area contributed by atoms with Crippen molar-refractivity contribution in [3.05, 3.63) is 70.5 Å². The van der Waals surface area contributed by atoms with E-state index in [4.69, 9.17) is 4.74 Å². The molecule has 7 rings (SSSR count). The van der Waals surface area contributed by atoms with Gasteiger partial charge in [0.2, 0.25) is 10.0 Å². The van der Waals surface area contributed by atoms with E-state index in [-0.39, 0.29) is 11.5 Å². The molecule has 1 atom stereocenters. The number of methoxy groups -OCH3 is 1. The van der Waals surface area contributed by atoms with Crippen molar-refractivity contribution in [2.45, 2.75) is 89.5 Å². The summed E-state index contributed by atoms with van der Waals surface area (Å²) in [5, 5.41) is 4.95. The molecule has 4 heterocycles. The summed E-state index contributed by atoms with van der Waals surface area (Å²) in [4.78, 5) is 32.2. The van der Waals surface area contributed by atoms with Gasteiger partial charge in [-0.2, -0.15) is 5.10 Å². The average Bonchev–Trinajstić information content (AvgIpc) is 3.80. The lowest BCUT2D eigenvalue weighted by Gasteiger charge is -2.28. The van der Waals surface area contributed by atoms with Crippen molar-refractivity contribution < 1.29 is 22.7 Å². The number of aromatic nitrogens is 3. The number of benzene rings is 2. The lowest BCUT2D eigenvalue weighted by Crippen LogP contribution is -2.41. The fourth-order valence-corrected chi connectivity index (χ4v) is 9.21. The van der Waals surface area contributed by atoms with Crippen LogP contribution in [0.5, 0.6) is 5.75 Å². The van der Waals surface area contributed by atoms with Crippen molar-refractivity contribution in [3.63, 3.8) is 0 Å². The smallest absolute Gasteiger partial charge is 0.264 e. The highest BCUT2D eigenvalue weighted by atomic mass is 32.2. The predicted octanol–water partition coefficient (Wildman–Crippen LogP) is 6.68. The summed E-state index contributed by atoms with van der Waals surface area (Å²) >= 11 is 0. The number of amides is 2. The van der Waals surface area contributed by atoms with Crippen molar-refractivity contribution in [2.24, 2.45) is 7.05 Å². The first kappa shape index (κ1) is 36.9. The van der Waals surface area contributed by atoms with Gasteiger partial charge in [-0.1, -0.05) is 25.3 Å². The summed E-state index contributed by atoms with van der Waals surface area (Å²) in [5.41, 5.74) is 7.66. The monoisotopic (exact) mass is 740 g/mol. The molecule has 3 aliphatic rings. The maximum Gasteiger partial charge on any atom is 0.264 e. The van der Waals surface area contributed by atoms with Crippen molar-refractivity contribution >= 4 is 44.4 Å². The van der Waals surface area contributed by atoms with Gasteiger partial charge in [-0.15, -0.1) is 0 Å². The number of aryl methyl sites for hydroxylation is 1. The molecule has 282 valence electrons. The standard InChI is InChI=1S/C41H52N6O5S/c1-7-46(25-31-14-11-19-44(31)4)41(49)35-23-42-45(5)38(35)30-20-29-21-32(52-6)16-18-33(29)39-37(27-12-9-8-10-13-27)34-17-15-28(22-36(34)47(39)24-30)40(48)43-53(50,51)26(2)3/h15-18,20-23,26-27,31H,7-14,19,24-25H2,1-6H3,(H,43,48). The van der Waals surface area contributed by atoms with Crippen molar-refractivity contribution in [2.75, 3.05) is 33.8 Å². The second-order valence-corrected chi connectivity index (χ2v) is 17.5. The number of carbonyl (C=O) groups excluding carboxylic acids is 2. The molecule has 0 bridgehead atoms. The van der Waals surface area contributed by atoms with E-state index in [9.17, 15) is 18.0 Å². The summed E-state index contributed by atoms with van der Waals surface area (Å²) in [6.07, 6.45) is 11.7. The van der Waals surface area contributed by atoms with Crippen LogP contribution in [0.4, 0.5) is 0 Å². The zero-order valence-corrected chi connectivity index (χ0v) is 32.6. The molecule has 0 radical (unpaired) electrons. The van der Waals surface area contributed by atoms with Crippen molar-refractivity contribution in [3.8, 4) is 17.0 Å². The number of nitrogens with one attached hydrogen (secondary N) is 1. The number of rotatable bonds is 10. The van der Waals surface area contributed by atoms with Crippen molar-refractivity contribution in [1.82, 2.24) is 28.9 Å². The molecule has 11 nitrogen and oxygen atoms in total. The number of carbonyl (C=O) groups is 2. The van der Waals surface area contributed by atoms with E-state index in [1.54, 1.807) is 37.9 Å². The largest absolute Gasteiger partial charge is 0.497 e. The third-order valence-corrected chi connectivity index (χ3v) is 13.4. The molecule has 1 saturated carbocycles. The maximum absolute atomic E-state index is 14.4. The summed E-state index contributed by atoms with van der Waals surface area (Å²) in [5.74, 6) is 0.350. The molecule has 4 aromatic rings. The number of fused-ring (bicyclic) bond motifs is 5. The molecule has 2 aromatic carbocycles. The Morgan fingerprint density at radius 2 is 1.79 bits per heavy atom. The van der Waals surface area contributed by atoms with Gasteiger partial charge in [-0.25, -0.2) is 13.1 Å². The van der Waals surface area contributed by atoms with Gasteiger partial charge in [-0.3, -0.25) is 14.3 Å². The molecule has 1 unspecified atom stereocenters. The number of allylic oxidation sites excluding steroid dienone is 1. The maximum atomic E-state index is 14.4. The fourth-order valence-electron chi connectivity index (χ4n) is 8.60. The second-order valence-electron chi connectivity index (χ2n) is 15.2. The topological polar surface area (TPSA) is 119 Å². The van der Waals surface area contributed by atoms with E-state index in [0.29, 0.717) is 37.2 Å². The van der Waals surface area contributed by atoms with E-state index < -0.39 is 21.2 Å². The van der Waals surface area contributed by atoms with Crippen LogP contribution in [0.2, 0.25) is 0 Å². The van der Waals surface area contributed by atoms with Gasteiger partial charge in [0.1, 0.15) is 5.75 Å². The quantitative estimate of drug-likeness (QED) is 0.193. The number of ether oxygens (including phenoxy) is 1. The Kier molecular flexibility index (Phi) is 10.3. The molecule has 0 spiro atoms. The highest BCUT2D eigenvalue weighted by molar-refractivity contribution is 7.90. The van der Waals surface area contributed by atoms with Gasteiger partial charge >= 0.3 is 0 Å². The fraction of sp³-hybridized carbons (Fsp3) is 0.488. The van der Waals surface area contributed by atoms with Gasteiger partial charge in [0, 0.05) is 48.2 Å². The number of hydrogen-bond acceptors (Lipinski definition) is 7. The summed E-state index contributed by atoms with van der Waals surface area (Å²) in [6.45, 7) is 7.82. The molecule has 2 amide bonds. The number of likely N-dealkylation sites (N-methyl/N-ethyl adjacent to an activating group) is 2. The molecule has 2 aliphatic heterocycles. The van der Waals surface area contributed by atoms with Crippen LogP contribution in [0.1, 0.15) is 109 Å². The Bertz CT molecular complexity index is 2190. The highest BCUT2D eigenvalue weighted by Gasteiger charge is 2.33. The first-order valence-corrected chi connectivity index (χ1v) is 20.6. The Labute approximate surface area is 313 Å². The van der Waals surface area contributed by atoms with Crippen LogP contribution in [0.3, 0.4) is 0 Å². The molecule has 1 aliphatic carbocycles. The molecule has 1 N–H and O–H groups in total. The lowest BCUT2D eigenvalue weighted by molar-refractivity contribution is 0.0724. The zero-order chi connectivity index (χ0) is 37.6. The van der Waals surface area contributed by atoms with E-state index in [1.807, 2.05) is 37.1 Å². The lowest BCUT2D eigenvalue weighted by atomic mass is 9.81. The van der Waals surface area contributed by atoms with E-state index in [2.05, 4.69) is 44.5 Å². The Hall–Kier alpha value is -4.42. The summed E-state index contributed by atoms with van der Waals surface area (Å²) < 4.78 is 37.5. The summed E-state index contributed by atoms with van der Waals surface area (Å²) in [6, 6.07) is 12.0. The minimum absolute atomic E-state index is 0.0438. The van der Waals surface area contributed by atoms with E-state index in [0.717, 1.165) is 89.8 Å². The van der Waals surface area contributed by atoms with Crippen LogP contribution in [0, 0.1) is 0 Å². The molecular weight excluding hydrogens is 689 g/mol. The van der Waals surface area contributed by atoms with Gasteiger partial charge < -0.3 is 19.1 Å². The SMILES string of the molecule is CCN(CC1CCCN1C)C(=O)c1cnn(C)c1C1=Cc2cc(OC)ccc2-c2c(C3CCCCC3)c3ccc(C(=O)NS(=O)(=O)C(C)C)cc3n2C1. The predicted molar refractivity (Wildman–Crippen MR) is 210 cm³/mol. The Balaban J connectivity index is 1.41. The van der Waals surface area contributed by atoms with E-state index in [1.165, 1.54) is 12.0 Å². The summed E-state index contributed by atoms with van der Waals surface area (Å²) in [7, 11) is 1.84. The van der Waals surface area contributed by atoms with Gasteiger partial charge in [0.25, 0.3) is 11.8 Å². The zero-order valence-electron chi connectivity index (χ0n) is 31.8. The number of hydrogen-bond donors (Lipinski definition) is 1. The normalized spacial score (nSPS) is 18.1. The first-order valence-electron chi connectivity index (χ1n) is 19.0. The van der Waals surface area contributed by atoms with Gasteiger partial charge in [0.05, 0.1) is 42.1 Å². The Morgan fingerprint density at radius 3 is 2.47 bits per heavy atom. The highest BCUT2D eigenvalue weighted by Crippen LogP contribution is 2.48. The molecule has 1 saturated heterocycles. The average molecular weight is 741 g/mol. The van der Waals surface area contributed by atoms with E-state index >= 15 is 0 Å². The molecule has 2 aromatic heterocycles. The van der Waals surface area contributed by atoms with Crippen molar-refractivity contribution in [1.29, 1.82) is 0 Å². The van der Waals surface area contributed by atoms with Crippen LogP contribution in [0.15, 0.2) is 42.6 Å². The molecule has 53 heavy (non-hydrogen) atoms. The van der Waals surface area contributed by atoms with Crippen LogP contribution in [-0.2, 0) is 23.6 Å². The van der Waals surface area contributed by atoms with Crippen LogP contribution >= 0.6 is 0 Å². The molecular formula is C41H52N6O5S. The van der Waals surface area contributed by atoms with Crippen LogP contribution in [0.25, 0.3) is 33.8 Å². The van der Waals surface area contributed by atoms with Gasteiger partial charge in [0.15, 0.2) is 0 Å². The van der Waals surface area contributed by atoms with Crippen LogP contribution in [-0.4, -0.2) is 89.5 Å².